The lowest BCUT2D eigenvalue weighted by Crippen LogP contribution is -2.34. The third kappa shape index (κ3) is 10.4. The van der Waals surface area contributed by atoms with E-state index < -0.39 is 28.4 Å². The number of carbonyl (C=O) groups excluding carboxylic acids is 2. The molecule has 2 N–H and O–H groups in total. The van der Waals surface area contributed by atoms with Gasteiger partial charge in [-0.15, -0.1) is 0 Å². The van der Waals surface area contributed by atoms with Gasteiger partial charge in [-0.05, 0) is 37.2 Å². The van der Waals surface area contributed by atoms with E-state index >= 15 is 0 Å². The van der Waals surface area contributed by atoms with Crippen molar-refractivity contribution in [3.63, 3.8) is 0 Å². The second-order valence-electron chi connectivity index (χ2n) is 11.0. The van der Waals surface area contributed by atoms with Gasteiger partial charge in [0.15, 0.2) is 5.75 Å². The lowest BCUT2D eigenvalue weighted by atomic mass is 9.78. The molecule has 0 unspecified atom stereocenters. The van der Waals surface area contributed by atoms with Crippen molar-refractivity contribution in [1.29, 1.82) is 0 Å². The van der Waals surface area contributed by atoms with Gasteiger partial charge in [-0.2, -0.15) is 5.90 Å². The maximum atomic E-state index is 12.4. The molecule has 0 aromatic heterocycles. The molecule has 0 heterocycles. The van der Waals surface area contributed by atoms with E-state index in [-0.39, 0.29) is 31.6 Å². The second kappa shape index (κ2) is 11.9. The number of rotatable bonds is 10. The first kappa shape index (κ1) is 29.8. The van der Waals surface area contributed by atoms with E-state index in [1.54, 1.807) is 20.8 Å². The largest absolute Gasteiger partial charge is 0.728 e. The minimum atomic E-state index is -0.733. The molecule has 1 rings (SSSR count). The fraction of sp³-hybridized carbons (Fsp3) is 0.667. The number of esters is 1. The molecule has 10 nitrogen and oxygen atoms in total. The molecule has 0 spiro atoms. The molecule has 0 aliphatic rings. The molecule has 0 atom stereocenters. The van der Waals surface area contributed by atoms with Crippen LogP contribution in [-0.2, 0) is 46.0 Å². The highest BCUT2D eigenvalue weighted by Gasteiger charge is 2.29. The Morgan fingerprint density at radius 3 is 1.88 bits per heavy atom. The van der Waals surface area contributed by atoms with E-state index in [0.717, 1.165) is 11.1 Å². The number of hydrogen-bond donors (Lipinski definition) is 1. The van der Waals surface area contributed by atoms with Gasteiger partial charge >= 0.3 is 11.9 Å². The van der Waals surface area contributed by atoms with Crippen LogP contribution in [0.1, 0.15) is 79.0 Å². The molecular weight excluding hydrogens is 444 g/mol. The summed E-state index contributed by atoms with van der Waals surface area (Å²) < 4.78 is 10.2. The Morgan fingerprint density at radius 2 is 1.44 bits per heavy atom. The van der Waals surface area contributed by atoms with Crippen LogP contribution in [-0.4, -0.2) is 42.8 Å². The molecule has 0 aliphatic carbocycles. The summed E-state index contributed by atoms with van der Waals surface area (Å²) >= 11 is 0. The highest BCUT2D eigenvalue weighted by atomic mass is 17.1. The van der Waals surface area contributed by atoms with Crippen LogP contribution in [0.2, 0.25) is 0 Å². The zero-order valence-electron chi connectivity index (χ0n) is 21.8. The van der Waals surface area contributed by atoms with Gasteiger partial charge in [-0.25, -0.2) is 4.79 Å². The Hall–Kier alpha value is -2.24. The molecule has 0 saturated carbocycles. The monoisotopic (exact) mass is 483 g/mol. The molecule has 1 aromatic carbocycles. The van der Waals surface area contributed by atoms with Crippen LogP contribution in [0.15, 0.2) is 12.1 Å². The van der Waals surface area contributed by atoms with E-state index in [4.69, 9.17) is 25.0 Å². The third-order valence-corrected chi connectivity index (χ3v) is 4.47. The van der Waals surface area contributed by atoms with Crippen molar-refractivity contribution >= 4 is 11.9 Å². The topological polar surface area (TPSA) is 133 Å². The maximum Gasteiger partial charge on any atom is 0.350 e. The van der Waals surface area contributed by atoms with E-state index in [1.165, 1.54) is 0 Å². The summed E-state index contributed by atoms with van der Waals surface area (Å²) in [5.74, 6) is 3.94. The van der Waals surface area contributed by atoms with Crippen molar-refractivity contribution in [3.05, 3.63) is 34.0 Å². The number of benzene rings is 1. The van der Waals surface area contributed by atoms with Crippen molar-refractivity contribution in [1.82, 2.24) is 5.39 Å². The highest BCUT2D eigenvalue weighted by molar-refractivity contribution is 5.73. The van der Waals surface area contributed by atoms with Gasteiger partial charge in [0, 0.05) is 11.1 Å². The minimum absolute atomic E-state index is 0.0108. The first-order chi connectivity index (χ1) is 15.4. The van der Waals surface area contributed by atoms with Crippen molar-refractivity contribution in [3.8, 4) is 5.75 Å². The van der Waals surface area contributed by atoms with Gasteiger partial charge < -0.3 is 24.4 Å². The van der Waals surface area contributed by atoms with Gasteiger partial charge in [-0.1, -0.05) is 59.1 Å². The van der Waals surface area contributed by atoms with Crippen LogP contribution in [0.5, 0.6) is 5.75 Å². The first-order valence-corrected chi connectivity index (χ1v) is 11.1. The number of nitrogens with two attached hydrogens (primary N) is 1. The molecule has 34 heavy (non-hydrogen) atoms. The van der Waals surface area contributed by atoms with Crippen LogP contribution in [0, 0.1) is 5.21 Å². The lowest BCUT2D eigenvalue weighted by Gasteiger charge is -2.37. The number of ether oxygens (including phenoxy) is 2. The Morgan fingerprint density at radius 1 is 0.912 bits per heavy atom. The standard InChI is InChI=1S/C24H39N2O8/c1-22(2,3)17-12-16(14-19(27)31-11-10-30-15-20(28)32-25)13-18(23(4,5)6)21(17)33-26(29)34-24(7,8)9/h12-13H,10-11,14-15,25H2,1-9H3/q-1. The van der Waals surface area contributed by atoms with Crippen LogP contribution >= 0.6 is 0 Å². The normalized spacial score (nSPS) is 12.6. The zero-order chi connectivity index (χ0) is 26.3. The van der Waals surface area contributed by atoms with Gasteiger partial charge in [0.05, 0.1) is 18.6 Å². The van der Waals surface area contributed by atoms with Gasteiger partial charge in [0.25, 0.3) is 0 Å². The first-order valence-electron chi connectivity index (χ1n) is 11.1. The molecule has 194 valence electrons. The SMILES string of the molecule is CC(C)(C)ON([O-])Oc1c(C(C)(C)C)cc(CC(=O)OCCOCC(=O)ON)cc1C(C)(C)C. The summed E-state index contributed by atoms with van der Waals surface area (Å²) in [4.78, 5) is 38.3. The maximum absolute atomic E-state index is 12.4. The summed E-state index contributed by atoms with van der Waals surface area (Å²) in [6, 6.07) is 3.68. The average Bonchev–Trinajstić information content (AvgIpc) is 2.65. The van der Waals surface area contributed by atoms with Gasteiger partial charge in [-0.3, -0.25) is 9.63 Å². The number of carbonyl (C=O) groups is 2. The van der Waals surface area contributed by atoms with E-state index in [2.05, 4.69) is 4.84 Å². The molecule has 0 aliphatic heterocycles. The summed E-state index contributed by atoms with van der Waals surface area (Å²) in [5, 5.41) is 12.6. The van der Waals surface area contributed by atoms with Crippen LogP contribution in [0.3, 0.4) is 0 Å². The van der Waals surface area contributed by atoms with Crippen LogP contribution in [0.4, 0.5) is 0 Å². The molecule has 0 saturated heterocycles. The quantitative estimate of drug-likeness (QED) is 0.299. The van der Waals surface area contributed by atoms with Crippen molar-refractivity contribution in [2.75, 3.05) is 19.8 Å². The molecule has 10 heteroatoms. The van der Waals surface area contributed by atoms with Crippen molar-refractivity contribution in [2.24, 2.45) is 5.90 Å². The van der Waals surface area contributed by atoms with Crippen molar-refractivity contribution in [2.45, 2.75) is 85.2 Å². The molecular formula is C24H39N2O8-. The predicted molar refractivity (Wildman–Crippen MR) is 126 cm³/mol. The molecule has 0 radical (unpaired) electrons. The average molecular weight is 484 g/mol. The number of hydrogen-bond acceptors (Lipinski definition) is 10. The van der Waals surface area contributed by atoms with Crippen molar-refractivity contribution < 1.29 is 33.6 Å². The van der Waals surface area contributed by atoms with E-state index in [1.807, 2.05) is 53.7 Å². The summed E-state index contributed by atoms with van der Waals surface area (Å²) in [5.41, 5.74) is 0.694. The summed E-state index contributed by atoms with van der Waals surface area (Å²) in [6.45, 7) is 16.9. The van der Waals surface area contributed by atoms with Crippen LogP contribution in [0.25, 0.3) is 0 Å². The summed E-state index contributed by atoms with van der Waals surface area (Å²) in [6.07, 6.45) is 0.0108. The summed E-state index contributed by atoms with van der Waals surface area (Å²) in [7, 11) is 0. The fourth-order valence-electron chi connectivity index (χ4n) is 2.94. The Balaban J connectivity index is 3.14. The molecule has 1 aromatic rings. The molecule has 0 fully saturated rings. The van der Waals surface area contributed by atoms with Crippen LogP contribution < -0.4 is 10.7 Å². The second-order valence-corrected chi connectivity index (χ2v) is 11.0. The predicted octanol–water partition coefficient (Wildman–Crippen LogP) is 3.62. The molecule has 0 bridgehead atoms. The Labute approximate surface area is 202 Å². The molecule has 0 amide bonds. The fourth-order valence-corrected chi connectivity index (χ4v) is 2.94. The smallest absolute Gasteiger partial charge is 0.350 e. The number of nitrogens with zero attached hydrogens (tertiary/aromatic N) is 1. The van der Waals surface area contributed by atoms with E-state index in [0.29, 0.717) is 11.3 Å². The van der Waals surface area contributed by atoms with Gasteiger partial charge in [0.1, 0.15) is 13.2 Å². The van der Waals surface area contributed by atoms with Gasteiger partial charge in [0.2, 0.25) is 0 Å². The zero-order valence-corrected chi connectivity index (χ0v) is 21.8. The Kier molecular flexibility index (Phi) is 10.5. The minimum Gasteiger partial charge on any atom is -0.728 e. The highest BCUT2D eigenvalue weighted by Crippen LogP contribution is 2.41. The van der Waals surface area contributed by atoms with E-state index in [9.17, 15) is 14.8 Å². The third-order valence-electron chi connectivity index (χ3n) is 4.47. The Bertz CT molecular complexity index is 800. The lowest BCUT2D eigenvalue weighted by molar-refractivity contribution is -0.328.